The van der Waals surface area contributed by atoms with E-state index in [9.17, 15) is 0 Å². The van der Waals surface area contributed by atoms with E-state index >= 15 is 0 Å². The minimum atomic E-state index is -0.0682. The van der Waals surface area contributed by atoms with Gasteiger partial charge in [0, 0.05) is 104 Å². The predicted octanol–water partition coefficient (Wildman–Crippen LogP) is 7.59. The van der Waals surface area contributed by atoms with Crippen molar-refractivity contribution >= 4 is 44.6 Å². The molecule has 0 saturated heterocycles. The molecule has 5 heterocycles. The molecule has 1 aromatic heterocycles. The third-order valence-corrected chi connectivity index (χ3v) is 9.82. The van der Waals surface area contributed by atoms with Crippen LogP contribution in [0.4, 0.5) is 22.7 Å². The van der Waals surface area contributed by atoms with Gasteiger partial charge in [-0.25, -0.2) is 0 Å². The third-order valence-electron chi connectivity index (χ3n) is 9.82. The normalized spacial score (nSPS) is 19.5. The van der Waals surface area contributed by atoms with Gasteiger partial charge in [0.2, 0.25) is 0 Å². The second-order valence-corrected chi connectivity index (χ2v) is 14.8. The monoisotopic (exact) mass is 626 g/mol. The van der Waals surface area contributed by atoms with Crippen LogP contribution in [0.15, 0.2) is 98.0 Å². The molecular formula is C39H46N8. The van der Waals surface area contributed by atoms with Crippen LogP contribution >= 0.6 is 0 Å². The quantitative estimate of drug-likeness (QED) is 0.225. The third kappa shape index (κ3) is 5.07. The molecule has 4 aliphatic heterocycles. The summed E-state index contributed by atoms with van der Waals surface area (Å²) in [7, 11) is 6.39. The minimum absolute atomic E-state index is 0.0682. The van der Waals surface area contributed by atoms with Crippen molar-refractivity contribution in [1.29, 1.82) is 0 Å². The number of fused-ring (bicyclic) bond motifs is 3. The molecule has 0 amide bonds. The van der Waals surface area contributed by atoms with Gasteiger partial charge in [-0.15, -0.1) is 0 Å². The van der Waals surface area contributed by atoms with Crippen molar-refractivity contribution in [2.45, 2.75) is 33.1 Å². The summed E-state index contributed by atoms with van der Waals surface area (Å²) < 4.78 is 2.51. The summed E-state index contributed by atoms with van der Waals surface area (Å²) in [6.07, 6.45) is 17.7. The van der Waals surface area contributed by atoms with E-state index in [0.717, 1.165) is 26.6 Å². The first kappa shape index (κ1) is 29.4. The molecule has 0 spiro atoms. The van der Waals surface area contributed by atoms with Crippen molar-refractivity contribution in [3.05, 3.63) is 104 Å². The molecule has 8 rings (SSSR count). The van der Waals surface area contributed by atoms with Gasteiger partial charge < -0.3 is 38.9 Å². The van der Waals surface area contributed by atoms with Gasteiger partial charge in [0.1, 0.15) is 0 Å². The molecule has 4 aromatic rings. The summed E-state index contributed by atoms with van der Waals surface area (Å²) in [4.78, 5) is 16.2. The van der Waals surface area contributed by atoms with Gasteiger partial charge in [0.05, 0.1) is 42.4 Å². The Morgan fingerprint density at radius 2 is 1.04 bits per heavy atom. The zero-order chi connectivity index (χ0) is 32.6. The van der Waals surface area contributed by atoms with Crippen LogP contribution < -0.4 is 19.6 Å². The Kier molecular flexibility index (Phi) is 6.76. The highest BCUT2D eigenvalue weighted by molar-refractivity contribution is 6.11. The molecule has 0 aliphatic carbocycles. The van der Waals surface area contributed by atoms with Gasteiger partial charge in [-0.1, -0.05) is 45.9 Å². The Bertz CT molecular complexity index is 1860. The standard InChI is InChI=1S/C39H46N8/c1-28-12-13-43(24-28)36-22-31(23-37(38(36)39(2,3)4)46-19-16-42(7)27-46)47-34-20-29(44-17-14-40(5)25-44)8-10-32(34)33-11-9-30(21-35(33)47)45-18-15-41(6)26-45/h8-23,28H,24-27H2,1-7H3. The number of benzene rings is 3. The van der Waals surface area contributed by atoms with Crippen LogP contribution in [0.2, 0.25) is 0 Å². The topological polar surface area (TPSA) is 27.6 Å². The Balaban J connectivity index is 1.42. The van der Waals surface area contributed by atoms with Gasteiger partial charge in [-0.2, -0.15) is 0 Å². The number of aromatic nitrogens is 1. The molecule has 47 heavy (non-hydrogen) atoms. The smallest absolute Gasteiger partial charge is 0.0939 e. The van der Waals surface area contributed by atoms with Crippen molar-refractivity contribution in [3.8, 4) is 5.69 Å². The summed E-state index contributed by atoms with van der Waals surface area (Å²) >= 11 is 0. The largest absolute Gasteiger partial charge is 0.361 e. The van der Waals surface area contributed by atoms with E-state index in [2.05, 4.69) is 186 Å². The molecule has 1 atom stereocenters. The fourth-order valence-electron chi connectivity index (χ4n) is 7.52. The Morgan fingerprint density at radius 1 is 0.553 bits per heavy atom. The second kappa shape index (κ2) is 10.8. The predicted molar refractivity (Wildman–Crippen MR) is 198 cm³/mol. The molecule has 8 nitrogen and oxygen atoms in total. The molecule has 1 unspecified atom stereocenters. The highest BCUT2D eigenvalue weighted by Crippen LogP contribution is 2.45. The number of nitrogens with zero attached hydrogens (tertiary/aromatic N) is 8. The summed E-state index contributed by atoms with van der Waals surface area (Å²) in [5, 5.41) is 2.53. The van der Waals surface area contributed by atoms with Crippen LogP contribution in [-0.2, 0) is 5.41 Å². The molecule has 8 heteroatoms. The first-order chi connectivity index (χ1) is 22.5. The number of hydrogen-bond donors (Lipinski definition) is 0. The van der Waals surface area contributed by atoms with Crippen LogP contribution in [0.25, 0.3) is 27.5 Å². The molecule has 242 valence electrons. The van der Waals surface area contributed by atoms with E-state index in [1.807, 2.05) is 0 Å². The SMILES string of the molecule is CC1C=CN(c2cc(-n3c4cc(N5C=CN(C)C5)ccc4c4ccc(N5C=CN(C)C5)cc43)cc(N3C=CN(C)C3)c2C(C)(C)C)C1. The average Bonchev–Trinajstić information content (AvgIpc) is 3.87. The molecule has 0 N–H and O–H groups in total. The Labute approximate surface area is 278 Å². The van der Waals surface area contributed by atoms with Crippen LogP contribution in [0.3, 0.4) is 0 Å². The lowest BCUT2D eigenvalue weighted by molar-refractivity contribution is 0.493. The van der Waals surface area contributed by atoms with Gasteiger partial charge in [-0.05, 0) is 47.7 Å². The number of rotatable bonds is 5. The van der Waals surface area contributed by atoms with Crippen molar-refractivity contribution < 1.29 is 0 Å². The molecular weight excluding hydrogens is 580 g/mol. The highest BCUT2D eigenvalue weighted by atomic mass is 15.3. The van der Waals surface area contributed by atoms with Crippen LogP contribution in [0.1, 0.15) is 33.3 Å². The second-order valence-electron chi connectivity index (χ2n) is 14.8. The zero-order valence-electron chi connectivity index (χ0n) is 28.7. The lowest BCUT2D eigenvalue weighted by Gasteiger charge is -2.34. The van der Waals surface area contributed by atoms with Crippen LogP contribution in [-0.4, -0.2) is 67.0 Å². The minimum Gasteiger partial charge on any atom is -0.361 e. The molecule has 0 radical (unpaired) electrons. The van der Waals surface area contributed by atoms with Gasteiger partial charge in [-0.3, -0.25) is 0 Å². The maximum atomic E-state index is 2.51. The van der Waals surface area contributed by atoms with Gasteiger partial charge in [0.25, 0.3) is 0 Å². The van der Waals surface area contributed by atoms with Crippen molar-refractivity contribution in [2.24, 2.45) is 5.92 Å². The van der Waals surface area contributed by atoms with Crippen molar-refractivity contribution in [3.63, 3.8) is 0 Å². The zero-order valence-corrected chi connectivity index (χ0v) is 28.7. The van der Waals surface area contributed by atoms with Gasteiger partial charge >= 0.3 is 0 Å². The molecule has 0 bridgehead atoms. The first-order valence-corrected chi connectivity index (χ1v) is 16.7. The fourth-order valence-corrected chi connectivity index (χ4v) is 7.52. The first-order valence-electron chi connectivity index (χ1n) is 16.7. The molecule has 3 aromatic carbocycles. The van der Waals surface area contributed by atoms with Crippen LogP contribution in [0.5, 0.6) is 0 Å². The van der Waals surface area contributed by atoms with Crippen LogP contribution in [0, 0.1) is 5.92 Å². The number of hydrogen-bond acceptors (Lipinski definition) is 7. The lowest BCUT2D eigenvalue weighted by Crippen LogP contribution is -2.28. The summed E-state index contributed by atoms with van der Waals surface area (Å²) in [6.45, 7) is 12.8. The van der Waals surface area contributed by atoms with E-state index in [1.54, 1.807) is 0 Å². The average molecular weight is 627 g/mol. The Hall–Kier alpha value is -4.98. The van der Waals surface area contributed by atoms with E-state index in [4.69, 9.17) is 0 Å². The van der Waals surface area contributed by atoms with E-state index in [0.29, 0.717) is 5.92 Å². The maximum Gasteiger partial charge on any atom is 0.0939 e. The lowest BCUT2D eigenvalue weighted by atomic mass is 9.83. The van der Waals surface area contributed by atoms with Gasteiger partial charge in [0.15, 0.2) is 0 Å². The van der Waals surface area contributed by atoms with E-state index in [1.165, 1.54) is 55.8 Å². The molecule has 0 fully saturated rings. The fraction of sp³-hybridized carbons (Fsp3) is 0.333. The summed E-state index contributed by atoms with van der Waals surface area (Å²) in [5.74, 6) is 0.504. The van der Waals surface area contributed by atoms with E-state index < -0.39 is 0 Å². The molecule has 0 saturated carbocycles. The highest BCUT2D eigenvalue weighted by Gasteiger charge is 2.31. The van der Waals surface area contributed by atoms with Crippen molar-refractivity contribution in [2.75, 3.05) is 67.3 Å². The number of anilines is 4. The maximum absolute atomic E-state index is 2.51. The van der Waals surface area contributed by atoms with E-state index in [-0.39, 0.29) is 5.41 Å². The summed E-state index contributed by atoms with van der Waals surface area (Å²) in [6, 6.07) is 18.8. The van der Waals surface area contributed by atoms with Crippen molar-refractivity contribution in [1.82, 2.24) is 19.3 Å². The Morgan fingerprint density at radius 3 is 1.47 bits per heavy atom. The molecule has 4 aliphatic rings. The summed E-state index contributed by atoms with van der Waals surface area (Å²) in [5.41, 5.74) is 9.84.